The molecule has 7 heteroatoms. The smallest absolute Gasteiger partial charge is 0.169 e. The van der Waals surface area contributed by atoms with Crippen molar-refractivity contribution in [1.82, 2.24) is 15.2 Å². The second kappa shape index (κ2) is 8.54. The van der Waals surface area contributed by atoms with Gasteiger partial charge in [0.05, 0.1) is 24.1 Å². The summed E-state index contributed by atoms with van der Waals surface area (Å²) in [7, 11) is 0. The molecule has 2 aliphatic heterocycles. The van der Waals surface area contributed by atoms with Crippen molar-refractivity contribution in [3.8, 4) is 0 Å². The number of rotatable bonds is 6. The normalized spacial score (nSPS) is 18.1. The Hall–Kier alpha value is -1.70. The molecule has 0 amide bonds. The summed E-state index contributed by atoms with van der Waals surface area (Å²) in [5.41, 5.74) is 1.85. The summed E-state index contributed by atoms with van der Waals surface area (Å²) in [6, 6.07) is 6.04. The average Bonchev–Trinajstić information content (AvgIpc) is 3.11. The van der Waals surface area contributed by atoms with Gasteiger partial charge in [-0.1, -0.05) is 6.08 Å². The molecule has 144 valence electrons. The fourth-order valence-corrected chi connectivity index (χ4v) is 4.07. The molecular weight excluding hydrogens is 411 g/mol. The molecule has 0 unspecified atom stereocenters. The van der Waals surface area contributed by atoms with Crippen LogP contribution in [0.1, 0.15) is 24.3 Å². The Balaban J connectivity index is 1.22. The molecule has 0 radical (unpaired) electrons. The molecule has 27 heavy (non-hydrogen) atoms. The van der Waals surface area contributed by atoms with E-state index in [1.165, 1.54) is 6.20 Å². The number of hydrogen-bond acceptors (Lipinski definition) is 5. The number of halogens is 2. The first-order valence-electron chi connectivity index (χ1n) is 9.45. The van der Waals surface area contributed by atoms with E-state index in [0.29, 0.717) is 6.04 Å². The molecule has 0 bridgehead atoms. The van der Waals surface area contributed by atoms with Crippen molar-refractivity contribution in [2.24, 2.45) is 0 Å². The Kier molecular flexibility index (Phi) is 5.90. The molecule has 5 nitrogen and oxygen atoms in total. The maximum atomic E-state index is 13.6. The minimum atomic E-state index is -0.274. The summed E-state index contributed by atoms with van der Waals surface area (Å²) < 4.78 is 19.9. The molecule has 1 saturated heterocycles. The minimum Gasteiger partial charge on any atom is -0.453 e. The third kappa shape index (κ3) is 4.78. The number of likely N-dealkylation sites (tertiary alicyclic amines) is 1. The number of aromatic nitrogens is 1. The van der Waals surface area contributed by atoms with Crippen molar-refractivity contribution < 1.29 is 8.81 Å². The molecule has 1 fully saturated rings. The van der Waals surface area contributed by atoms with Gasteiger partial charge in [-0.2, -0.15) is 0 Å². The van der Waals surface area contributed by atoms with Crippen LogP contribution in [0.25, 0.3) is 0 Å². The van der Waals surface area contributed by atoms with E-state index >= 15 is 0 Å². The lowest BCUT2D eigenvalue weighted by molar-refractivity contribution is 0.200. The Labute approximate surface area is 167 Å². The van der Waals surface area contributed by atoms with Crippen LogP contribution in [-0.4, -0.2) is 42.1 Å². The van der Waals surface area contributed by atoms with Crippen molar-refractivity contribution >= 4 is 21.6 Å². The predicted molar refractivity (Wildman–Crippen MR) is 107 cm³/mol. The highest BCUT2D eigenvalue weighted by atomic mass is 79.9. The summed E-state index contributed by atoms with van der Waals surface area (Å²) in [5.74, 6) is 0.685. The van der Waals surface area contributed by atoms with Gasteiger partial charge in [0.15, 0.2) is 4.67 Å². The van der Waals surface area contributed by atoms with Gasteiger partial charge in [-0.05, 0) is 54.0 Å². The third-order valence-corrected chi connectivity index (χ3v) is 5.68. The van der Waals surface area contributed by atoms with Crippen LogP contribution in [0.15, 0.2) is 45.8 Å². The molecule has 0 saturated carbocycles. The zero-order chi connectivity index (χ0) is 18.6. The van der Waals surface area contributed by atoms with Gasteiger partial charge in [-0.25, -0.2) is 4.39 Å². The molecule has 4 rings (SSSR count). The zero-order valence-electron chi connectivity index (χ0n) is 15.2. The van der Waals surface area contributed by atoms with E-state index in [1.807, 2.05) is 12.1 Å². The molecule has 0 aliphatic carbocycles. The number of nitrogens with one attached hydrogen (secondary N) is 1. The van der Waals surface area contributed by atoms with E-state index in [1.54, 1.807) is 6.07 Å². The standard InChI is InChI=1S/C20H24BrFN4O/c21-20-4-3-17(27-20)14-23-16-5-8-25(9-6-16)10-11-26-7-1-2-18-19(26)12-15(22)13-24-18/h1,3-4,7,12-13,16,23H,2,5-6,8-11,14H2. The third-order valence-electron chi connectivity index (χ3n) is 5.26. The summed E-state index contributed by atoms with van der Waals surface area (Å²) in [6.45, 7) is 4.74. The molecule has 4 heterocycles. The van der Waals surface area contributed by atoms with Crippen LogP contribution in [0.3, 0.4) is 0 Å². The number of hydrogen-bond donors (Lipinski definition) is 1. The molecule has 2 aromatic rings. The topological polar surface area (TPSA) is 44.5 Å². The number of pyridine rings is 1. The second-order valence-corrected chi connectivity index (χ2v) is 7.89. The Morgan fingerprint density at radius 1 is 1.26 bits per heavy atom. The number of fused-ring (bicyclic) bond motifs is 1. The lowest BCUT2D eigenvalue weighted by Gasteiger charge is -2.34. The van der Waals surface area contributed by atoms with E-state index in [9.17, 15) is 4.39 Å². The number of piperidine rings is 1. The first-order chi connectivity index (χ1) is 13.2. The van der Waals surface area contributed by atoms with E-state index in [4.69, 9.17) is 4.42 Å². The van der Waals surface area contributed by atoms with Gasteiger partial charge in [0, 0.05) is 37.8 Å². The summed E-state index contributed by atoms with van der Waals surface area (Å²) >= 11 is 3.34. The monoisotopic (exact) mass is 434 g/mol. The van der Waals surface area contributed by atoms with Gasteiger partial charge < -0.3 is 19.5 Å². The van der Waals surface area contributed by atoms with Crippen LogP contribution in [0.4, 0.5) is 10.1 Å². The van der Waals surface area contributed by atoms with Crippen LogP contribution < -0.4 is 10.2 Å². The maximum Gasteiger partial charge on any atom is 0.169 e. The fourth-order valence-electron chi connectivity index (χ4n) is 3.73. The molecule has 2 aromatic heterocycles. The van der Waals surface area contributed by atoms with Crippen molar-refractivity contribution in [2.45, 2.75) is 31.8 Å². The number of furan rings is 1. The van der Waals surface area contributed by atoms with Crippen molar-refractivity contribution in [2.75, 3.05) is 31.1 Å². The molecule has 0 spiro atoms. The van der Waals surface area contributed by atoms with Gasteiger partial charge in [0.1, 0.15) is 11.6 Å². The van der Waals surface area contributed by atoms with Crippen LogP contribution in [0, 0.1) is 5.82 Å². The zero-order valence-corrected chi connectivity index (χ0v) is 16.8. The van der Waals surface area contributed by atoms with Gasteiger partial charge >= 0.3 is 0 Å². The largest absolute Gasteiger partial charge is 0.453 e. The highest BCUT2D eigenvalue weighted by molar-refractivity contribution is 9.10. The van der Waals surface area contributed by atoms with Gasteiger partial charge in [0.25, 0.3) is 0 Å². The highest BCUT2D eigenvalue weighted by Gasteiger charge is 2.21. The van der Waals surface area contributed by atoms with Crippen LogP contribution in [0.5, 0.6) is 0 Å². The molecule has 0 atom stereocenters. The molecular formula is C20H24BrFN4O. The lowest BCUT2D eigenvalue weighted by Crippen LogP contribution is -2.44. The number of nitrogens with zero attached hydrogens (tertiary/aromatic N) is 3. The lowest BCUT2D eigenvalue weighted by atomic mass is 10.0. The predicted octanol–water partition coefficient (Wildman–Crippen LogP) is 3.71. The van der Waals surface area contributed by atoms with Gasteiger partial charge in [-0.3, -0.25) is 4.98 Å². The van der Waals surface area contributed by atoms with E-state index in [0.717, 1.165) is 73.8 Å². The Bertz CT molecular complexity index is 801. The summed E-state index contributed by atoms with van der Waals surface area (Å²) in [6.07, 6.45) is 8.48. The first-order valence-corrected chi connectivity index (χ1v) is 10.2. The van der Waals surface area contributed by atoms with Crippen molar-refractivity contribution in [3.05, 3.63) is 58.6 Å². The molecule has 0 aromatic carbocycles. The van der Waals surface area contributed by atoms with E-state index in [-0.39, 0.29) is 5.82 Å². The summed E-state index contributed by atoms with van der Waals surface area (Å²) in [4.78, 5) is 8.82. The van der Waals surface area contributed by atoms with Crippen LogP contribution in [0.2, 0.25) is 0 Å². The number of allylic oxidation sites excluding steroid dienone is 1. The number of anilines is 1. The molecule has 2 aliphatic rings. The highest BCUT2D eigenvalue weighted by Crippen LogP contribution is 2.25. The fraction of sp³-hybridized carbons (Fsp3) is 0.450. The van der Waals surface area contributed by atoms with Crippen molar-refractivity contribution in [1.29, 1.82) is 0 Å². The Morgan fingerprint density at radius 2 is 2.11 bits per heavy atom. The molecule has 1 N–H and O–H groups in total. The second-order valence-electron chi connectivity index (χ2n) is 7.10. The minimum absolute atomic E-state index is 0.274. The van der Waals surface area contributed by atoms with Gasteiger partial charge in [0.2, 0.25) is 0 Å². The van der Waals surface area contributed by atoms with Crippen LogP contribution in [-0.2, 0) is 13.0 Å². The van der Waals surface area contributed by atoms with Gasteiger partial charge in [-0.15, -0.1) is 0 Å². The SMILES string of the molecule is Fc1cnc2c(c1)N(CCN1CCC(NCc3ccc(Br)o3)CC1)C=CC2. The van der Waals surface area contributed by atoms with Crippen molar-refractivity contribution in [3.63, 3.8) is 0 Å². The Morgan fingerprint density at radius 3 is 2.89 bits per heavy atom. The first kappa shape index (κ1) is 18.7. The van der Waals surface area contributed by atoms with E-state index < -0.39 is 0 Å². The average molecular weight is 435 g/mol. The van der Waals surface area contributed by atoms with E-state index in [2.05, 4.69) is 48.3 Å². The maximum absolute atomic E-state index is 13.6. The van der Waals surface area contributed by atoms with Crippen LogP contribution >= 0.6 is 15.9 Å². The summed E-state index contributed by atoms with van der Waals surface area (Å²) in [5, 5.41) is 3.58. The quantitative estimate of drug-likeness (QED) is 0.750.